The Hall–Kier alpha value is -3.75. The van der Waals surface area contributed by atoms with Crippen molar-refractivity contribution in [2.24, 2.45) is 11.7 Å². The van der Waals surface area contributed by atoms with Crippen molar-refractivity contribution in [1.82, 2.24) is 14.7 Å². The summed E-state index contributed by atoms with van der Waals surface area (Å²) < 4.78 is 12.8. The van der Waals surface area contributed by atoms with Gasteiger partial charge in [-0.05, 0) is 44.1 Å². The minimum atomic E-state index is -0.565. The van der Waals surface area contributed by atoms with Crippen LogP contribution in [0.25, 0.3) is 17.0 Å². The number of nitrogens with two attached hydrogens (primary N) is 1. The molecule has 0 bridgehead atoms. The number of aromatic nitrogens is 2. The van der Waals surface area contributed by atoms with E-state index in [9.17, 15) is 9.59 Å². The molecule has 2 aliphatic heterocycles. The summed E-state index contributed by atoms with van der Waals surface area (Å²) in [5.74, 6) is 1.44. The SMILES string of the molecule is C=CC(=O)N1CCC(C2=CCNc3c(C(N)=O)c(-c4cc(OC)c(C)c(OC)c4)nn32)CC1. The number of fused-ring (bicyclic) bond motifs is 1. The molecule has 2 aliphatic rings. The molecular weight excluding hydrogens is 422 g/mol. The van der Waals surface area contributed by atoms with Gasteiger partial charge < -0.3 is 25.4 Å². The lowest BCUT2D eigenvalue weighted by atomic mass is 9.92. The van der Waals surface area contributed by atoms with Gasteiger partial charge in [-0.2, -0.15) is 5.10 Å². The summed E-state index contributed by atoms with van der Waals surface area (Å²) in [4.78, 5) is 26.3. The molecule has 2 aromatic rings. The highest BCUT2D eigenvalue weighted by Crippen LogP contribution is 2.40. The summed E-state index contributed by atoms with van der Waals surface area (Å²) in [6.07, 6.45) is 5.04. The number of carbonyl (C=O) groups is 2. The number of methoxy groups -OCH3 is 2. The lowest BCUT2D eigenvalue weighted by molar-refractivity contribution is -0.127. The summed E-state index contributed by atoms with van der Waals surface area (Å²) in [5, 5.41) is 8.09. The Labute approximate surface area is 192 Å². The highest BCUT2D eigenvalue weighted by molar-refractivity contribution is 6.04. The molecule has 174 valence electrons. The van der Waals surface area contributed by atoms with Crippen molar-refractivity contribution in [3.05, 3.63) is 42.0 Å². The van der Waals surface area contributed by atoms with Gasteiger partial charge in [0.25, 0.3) is 5.91 Å². The zero-order chi connectivity index (χ0) is 23.7. The maximum Gasteiger partial charge on any atom is 0.254 e. The number of nitrogens with one attached hydrogen (secondary N) is 1. The lowest BCUT2D eigenvalue weighted by Gasteiger charge is -2.34. The van der Waals surface area contributed by atoms with E-state index in [2.05, 4.69) is 18.0 Å². The van der Waals surface area contributed by atoms with Crippen LogP contribution in [0.4, 0.5) is 5.82 Å². The van der Waals surface area contributed by atoms with Crippen LogP contribution in [0.15, 0.2) is 30.9 Å². The molecule has 1 aromatic carbocycles. The Balaban J connectivity index is 1.75. The highest BCUT2D eigenvalue weighted by Gasteiger charge is 2.32. The number of piperidine rings is 1. The molecule has 3 N–H and O–H groups in total. The zero-order valence-electron chi connectivity index (χ0n) is 19.2. The third-order valence-corrected chi connectivity index (χ3v) is 6.38. The third-order valence-electron chi connectivity index (χ3n) is 6.38. The Morgan fingerprint density at radius 1 is 1.21 bits per heavy atom. The van der Waals surface area contributed by atoms with E-state index in [1.165, 1.54) is 6.08 Å². The van der Waals surface area contributed by atoms with Gasteiger partial charge in [0, 0.05) is 42.4 Å². The van der Waals surface area contributed by atoms with Crippen molar-refractivity contribution in [3.8, 4) is 22.8 Å². The van der Waals surface area contributed by atoms with Crippen LogP contribution in [0.3, 0.4) is 0 Å². The summed E-state index contributed by atoms with van der Waals surface area (Å²) in [7, 11) is 3.18. The zero-order valence-corrected chi connectivity index (χ0v) is 19.2. The van der Waals surface area contributed by atoms with Gasteiger partial charge in [0.05, 0.1) is 14.2 Å². The van der Waals surface area contributed by atoms with E-state index in [1.807, 2.05) is 19.1 Å². The Morgan fingerprint density at radius 2 is 1.85 bits per heavy atom. The predicted octanol–water partition coefficient (Wildman–Crippen LogP) is 2.67. The minimum absolute atomic E-state index is 0.0481. The first kappa shape index (κ1) is 22.4. The van der Waals surface area contributed by atoms with E-state index in [-0.39, 0.29) is 11.8 Å². The number of rotatable bonds is 6. The van der Waals surface area contributed by atoms with Crippen molar-refractivity contribution in [3.63, 3.8) is 0 Å². The fourth-order valence-corrected chi connectivity index (χ4v) is 4.63. The highest BCUT2D eigenvalue weighted by atomic mass is 16.5. The van der Waals surface area contributed by atoms with Gasteiger partial charge in [-0.1, -0.05) is 6.58 Å². The average Bonchev–Trinajstić information content (AvgIpc) is 3.24. The van der Waals surface area contributed by atoms with Crippen LogP contribution in [0, 0.1) is 12.8 Å². The van der Waals surface area contributed by atoms with Crippen molar-refractivity contribution in [2.75, 3.05) is 39.2 Å². The van der Waals surface area contributed by atoms with Gasteiger partial charge in [-0.15, -0.1) is 0 Å². The molecule has 1 aromatic heterocycles. The number of nitrogens with zero attached hydrogens (tertiary/aromatic N) is 3. The molecule has 9 nitrogen and oxygen atoms in total. The summed E-state index contributed by atoms with van der Waals surface area (Å²) in [6.45, 7) is 7.34. The molecule has 0 aliphatic carbocycles. The molecule has 0 unspecified atom stereocenters. The fraction of sp³-hybridized carbons (Fsp3) is 0.375. The average molecular weight is 452 g/mol. The normalized spacial score (nSPS) is 15.8. The van der Waals surface area contributed by atoms with Crippen LogP contribution < -0.4 is 20.5 Å². The van der Waals surface area contributed by atoms with Crippen molar-refractivity contribution in [2.45, 2.75) is 19.8 Å². The smallest absolute Gasteiger partial charge is 0.254 e. The number of hydrogen-bond acceptors (Lipinski definition) is 6. The Kier molecular flexibility index (Phi) is 6.13. The topological polar surface area (TPSA) is 112 Å². The molecule has 0 atom stereocenters. The number of hydrogen-bond donors (Lipinski definition) is 2. The number of anilines is 1. The summed E-state index contributed by atoms with van der Waals surface area (Å²) in [6, 6.07) is 3.67. The third kappa shape index (κ3) is 3.94. The number of allylic oxidation sites excluding steroid dienone is 1. The maximum atomic E-state index is 12.5. The van der Waals surface area contributed by atoms with Crippen molar-refractivity contribution in [1.29, 1.82) is 0 Å². The number of amides is 2. The van der Waals surface area contributed by atoms with E-state index in [0.717, 1.165) is 24.1 Å². The van der Waals surface area contributed by atoms with Crippen LogP contribution in [0.5, 0.6) is 11.5 Å². The van der Waals surface area contributed by atoms with Gasteiger partial charge in [0.15, 0.2) is 0 Å². The first-order valence-corrected chi connectivity index (χ1v) is 10.9. The quantitative estimate of drug-likeness (QED) is 0.653. The van der Waals surface area contributed by atoms with E-state index < -0.39 is 5.91 Å². The second-order valence-corrected chi connectivity index (χ2v) is 8.17. The second kappa shape index (κ2) is 9.01. The van der Waals surface area contributed by atoms with E-state index in [1.54, 1.807) is 23.8 Å². The molecule has 3 heterocycles. The molecule has 1 fully saturated rings. The van der Waals surface area contributed by atoms with Gasteiger partial charge in [-0.25, -0.2) is 4.68 Å². The fourth-order valence-electron chi connectivity index (χ4n) is 4.63. The molecule has 0 spiro atoms. The van der Waals surface area contributed by atoms with E-state index in [0.29, 0.717) is 53.8 Å². The first-order valence-electron chi connectivity index (χ1n) is 10.9. The predicted molar refractivity (Wildman–Crippen MR) is 126 cm³/mol. The van der Waals surface area contributed by atoms with Crippen molar-refractivity contribution < 1.29 is 19.1 Å². The molecule has 0 saturated carbocycles. The monoisotopic (exact) mass is 451 g/mol. The van der Waals surface area contributed by atoms with Gasteiger partial charge in [-0.3, -0.25) is 9.59 Å². The Morgan fingerprint density at radius 3 is 2.39 bits per heavy atom. The minimum Gasteiger partial charge on any atom is -0.496 e. The maximum absolute atomic E-state index is 12.5. The van der Waals surface area contributed by atoms with Crippen LogP contribution in [-0.2, 0) is 4.79 Å². The van der Waals surface area contributed by atoms with E-state index in [4.69, 9.17) is 20.3 Å². The van der Waals surface area contributed by atoms with Gasteiger partial charge >= 0.3 is 0 Å². The van der Waals surface area contributed by atoms with Crippen LogP contribution in [-0.4, -0.2) is 60.3 Å². The van der Waals surface area contributed by atoms with Gasteiger partial charge in [0.1, 0.15) is 28.6 Å². The van der Waals surface area contributed by atoms with Gasteiger partial charge in [0.2, 0.25) is 5.91 Å². The number of primary amides is 1. The standard InChI is InChI=1S/C24H29N5O4/c1-5-20(30)28-10-7-15(8-11-28)17-6-9-26-24-21(23(25)31)22(27-29(17)24)16-12-18(32-3)14(2)19(13-16)33-4/h5-6,12-13,15,26H,1,7-11H2,2-4H3,(H2,25,31). The molecule has 9 heteroatoms. The molecule has 33 heavy (non-hydrogen) atoms. The van der Waals surface area contributed by atoms with Crippen molar-refractivity contribution >= 4 is 23.3 Å². The van der Waals surface area contributed by atoms with Crippen LogP contribution >= 0.6 is 0 Å². The number of ether oxygens (including phenoxy) is 2. The summed E-state index contributed by atoms with van der Waals surface area (Å²) >= 11 is 0. The Bertz CT molecular complexity index is 1120. The second-order valence-electron chi connectivity index (χ2n) is 8.17. The molecule has 4 rings (SSSR count). The number of likely N-dealkylation sites (tertiary alicyclic amines) is 1. The largest absolute Gasteiger partial charge is 0.496 e. The number of benzene rings is 1. The van der Waals surface area contributed by atoms with Crippen LogP contribution in [0.1, 0.15) is 28.8 Å². The number of carbonyl (C=O) groups excluding carboxylic acids is 2. The summed E-state index contributed by atoms with van der Waals surface area (Å²) in [5.41, 5.74) is 9.15. The first-order chi connectivity index (χ1) is 15.9. The molecule has 0 radical (unpaired) electrons. The van der Waals surface area contributed by atoms with Crippen LogP contribution in [0.2, 0.25) is 0 Å². The molecular formula is C24H29N5O4. The lowest BCUT2D eigenvalue weighted by Crippen LogP contribution is -2.38. The molecule has 2 amide bonds. The molecule has 1 saturated heterocycles. The van der Waals surface area contributed by atoms with E-state index >= 15 is 0 Å².